The van der Waals surface area contributed by atoms with Crippen molar-refractivity contribution in [2.75, 3.05) is 0 Å². The third kappa shape index (κ3) is 3.89. The molecule has 20 heavy (non-hydrogen) atoms. The molecular formula is C14H8BrCl3O2. The van der Waals surface area contributed by atoms with Crippen molar-refractivity contribution >= 4 is 56.0 Å². The molecule has 0 saturated heterocycles. The van der Waals surface area contributed by atoms with Crippen LogP contribution in [-0.4, -0.2) is 5.24 Å². The Kier molecular flexibility index (Phi) is 5.33. The first-order valence-corrected chi connectivity index (χ1v) is 7.46. The van der Waals surface area contributed by atoms with Crippen LogP contribution in [0.5, 0.6) is 5.75 Å². The van der Waals surface area contributed by atoms with Gasteiger partial charge in [0.1, 0.15) is 6.61 Å². The van der Waals surface area contributed by atoms with Gasteiger partial charge < -0.3 is 4.74 Å². The van der Waals surface area contributed by atoms with Crippen LogP contribution < -0.4 is 4.74 Å². The van der Waals surface area contributed by atoms with E-state index in [1.54, 1.807) is 0 Å². The zero-order chi connectivity index (χ0) is 14.7. The molecule has 0 amide bonds. The summed E-state index contributed by atoms with van der Waals surface area (Å²) in [6, 6.07) is 10.5. The van der Waals surface area contributed by atoms with Crippen molar-refractivity contribution in [2.24, 2.45) is 0 Å². The molecule has 0 radical (unpaired) electrons. The van der Waals surface area contributed by atoms with Gasteiger partial charge >= 0.3 is 0 Å². The number of hydrogen-bond donors (Lipinski definition) is 0. The molecule has 0 N–H and O–H groups in total. The lowest BCUT2D eigenvalue weighted by Crippen LogP contribution is -1.98. The van der Waals surface area contributed by atoms with Crippen molar-refractivity contribution in [3.05, 3.63) is 62.0 Å². The van der Waals surface area contributed by atoms with Gasteiger partial charge in [-0.1, -0.05) is 51.3 Å². The lowest BCUT2D eigenvalue weighted by molar-refractivity contribution is 0.108. The lowest BCUT2D eigenvalue weighted by atomic mass is 10.2. The fraction of sp³-hybridized carbons (Fsp3) is 0.0714. The normalized spacial score (nSPS) is 10.4. The van der Waals surface area contributed by atoms with Crippen LogP contribution in [-0.2, 0) is 6.61 Å². The smallest absolute Gasteiger partial charge is 0.252 e. The summed E-state index contributed by atoms with van der Waals surface area (Å²) in [6.45, 7) is 0.320. The Morgan fingerprint density at radius 2 is 1.65 bits per heavy atom. The first-order valence-electron chi connectivity index (χ1n) is 5.53. The molecule has 0 saturated carbocycles. The first-order chi connectivity index (χ1) is 9.47. The van der Waals surface area contributed by atoms with Crippen molar-refractivity contribution in [1.29, 1.82) is 0 Å². The molecule has 2 rings (SSSR count). The minimum absolute atomic E-state index is 0.234. The van der Waals surface area contributed by atoms with E-state index in [2.05, 4.69) is 15.9 Å². The third-order valence-corrected chi connectivity index (χ3v) is 3.83. The van der Waals surface area contributed by atoms with E-state index in [9.17, 15) is 4.79 Å². The van der Waals surface area contributed by atoms with Gasteiger partial charge in [-0.25, -0.2) is 0 Å². The van der Waals surface area contributed by atoms with Crippen molar-refractivity contribution < 1.29 is 9.53 Å². The Morgan fingerprint density at radius 1 is 1.10 bits per heavy atom. The predicted molar refractivity (Wildman–Crippen MR) is 85.1 cm³/mol. The van der Waals surface area contributed by atoms with Gasteiger partial charge in [0.2, 0.25) is 0 Å². The molecule has 0 aliphatic heterocycles. The van der Waals surface area contributed by atoms with E-state index < -0.39 is 5.24 Å². The highest BCUT2D eigenvalue weighted by atomic mass is 79.9. The molecule has 6 heteroatoms. The Balaban J connectivity index is 2.17. The van der Waals surface area contributed by atoms with Crippen molar-refractivity contribution in [3.8, 4) is 5.75 Å². The molecule has 2 aromatic carbocycles. The van der Waals surface area contributed by atoms with E-state index in [0.717, 1.165) is 10.0 Å². The van der Waals surface area contributed by atoms with Gasteiger partial charge in [-0.05, 0) is 41.4 Å². The molecule has 2 aromatic rings. The maximum Gasteiger partial charge on any atom is 0.252 e. The highest BCUT2D eigenvalue weighted by Crippen LogP contribution is 2.35. The summed E-state index contributed by atoms with van der Waals surface area (Å²) in [7, 11) is 0. The number of carbonyl (C=O) groups excluding carboxylic acids is 1. The quantitative estimate of drug-likeness (QED) is 0.621. The summed E-state index contributed by atoms with van der Waals surface area (Å²) in [4.78, 5) is 11.1. The number of rotatable bonds is 4. The second kappa shape index (κ2) is 6.81. The highest BCUT2D eigenvalue weighted by Gasteiger charge is 2.13. The van der Waals surface area contributed by atoms with Gasteiger partial charge in [-0.15, -0.1) is 0 Å². The van der Waals surface area contributed by atoms with Gasteiger partial charge in [0.05, 0.1) is 10.0 Å². The van der Waals surface area contributed by atoms with E-state index in [0.29, 0.717) is 12.4 Å². The molecule has 2 nitrogen and oxygen atoms in total. The zero-order valence-corrected chi connectivity index (χ0v) is 13.9. The lowest BCUT2D eigenvalue weighted by Gasteiger charge is -2.11. The maximum absolute atomic E-state index is 11.1. The van der Waals surface area contributed by atoms with E-state index >= 15 is 0 Å². The van der Waals surface area contributed by atoms with Crippen LogP contribution in [0.15, 0.2) is 40.9 Å². The van der Waals surface area contributed by atoms with Crippen molar-refractivity contribution in [2.45, 2.75) is 6.61 Å². The number of halogens is 4. The van der Waals surface area contributed by atoms with E-state index in [4.69, 9.17) is 39.5 Å². The molecule has 0 atom stereocenters. The second-order valence-electron chi connectivity index (χ2n) is 3.96. The monoisotopic (exact) mass is 392 g/mol. The summed E-state index contributed by atoms with van der Waals surface area (Å²) >= 11 is 20.8. The average Bonchev–Trinajstić information content (AvgIpc) is 2.39. The average molecular weight is 394 g/mol. The van der Waals surface area contributed by atoms with Crippen LogP contribution >= 0.6 is 50.7 Å². The Bertz CT molecular complexity index is 618. The first kappa shape index (κ1) is 15.6. The van der Waals surface area contributed by atoms with Crippen LogP contribution in [0.4, 0.5) is 0 Å². The minimum atomic E-state index is -0.617. The van der Waals surface area contributed by atoms with Gasteiger partial charge in [0.25, 0.3) is 5.24 Å². The standard InChI is InChI=1S/C14H8BrCl3O2/c15-10-3-1-8(2-4-10)7-20-13-11(16)5-9(14(18)19)6-12(13)17/h1-6H,7H2. The fourth-order valence-electron chi connectivity index (χ4n) is 1.55. The second-order valence-corrected chi connectivity index (χ2v) is 6.03. The molecule has 104 valence electrons. The van der Waals surface area contributed by atoms with Crippen molar-refractivity contribution in [1.82, 2.24) is 0 Å². The van der Waals surface area contributed by atoms with Gasteiger partial charge in [-0.2, -0.15) is 0 Å². The van der Waals surface area contributed by atoms with E-state index in [-0.39, 0.29) is 15.6 Å². The molecule has 0 bridgehead atoms. The molecule has 0 aliphatic rings. The van der Waals surface area contributed by atoms with Crippen molar-refractivity contribution in [3.63, 3.8) is 0 Å². The summed E-state index contributed by atoms with van der Waals surface area (Å²) in [5, 5.41) is -0.120. The summed E-state index contributed by atoms with van der Waals surface area (Å²) in [5.41, 5.74) is 1.20. The SMILES string of the molecule is O=C(Cl)c1cc(Cl)c(OCc2ccc(Br)cc2)c(Cl)c1. The number of carbonyl (C=O) groups is 1. The number of ether oxygens (including phenoxy) is 1. The maximum atomic E-state index is 11.1. The summed E-state index contributed by atoms with van der Waals surface area (Å²) in [5.74, 6) is 0.331. The molecule has 0 spiro atoms. The van der Waals surface area contributed by atoms with Crippen LogP contribution in [0.2, 0.25) is 10.0 Å². The Morgan fingerprint density at radius 3 is 2.15 bits per heavy atom. The predicted octanol–water partition coefficient (Wildman–Crippen LogP) is 5.71. The largest absolute Gasteiger partial charge is 0.486 e. The van der Waals surface area contributed by atoms with Gasteiger partial charge in [0.15, 0.2) is 5.75 Å². The Hall–Kier alpha value is -0.740. The topological polar surface area (TPSA) is 26.3 Å². The van der Waals surface area contributed by atoms with Gasteiger partial charge in [0, 0.05) is 10.0 Å². The number of hydrogen-bond acceptors (Lipinski definition) is 2. The minimum Gasteiger partial charge on any atom is -0.486 e. The van der Waals surface area contributed by atoms with E-state index in [1.165, 1.54) is 12.1 Å². The van der Waals surface area contributed by atoms with Crippen LogP contribution in [0, 0.1) is 0 Å². The Labute approximate surface area is 139 Å². The highest BCUT2D eigenvalue weighted by molar-refractivity contribution is 9.10. The summed E-state index contributed by atoms with van der Waals surface area (Å²) < 4.78 is 6.58. The van der Waals surface area contributed by atoms with E-state index in [1.807, 2.05) is 24.3 Å². The molecule has 0 heterocycles. The van der Waals surface area contributed by atoms with Crippen LogP contribution in [0.3, 0.4) is 0 Å². The van der Waals surface area contributed by atoms with Gasteiger partial charge in [-0.3, -0.25) is 4.79 Å². The third-order valence-electron chi connectivity index (χ3n) is 2.52. The molecule has 0 aliphatic carbocycles. The van der Waals surface area contributed by atoms with Crippen LogP contribution in [0.25, 0.3) is 0 Å². The zero-order valence-electron chi connectivity index (χ0n) is 10.00. The molecule has 0 aromatic heterocycles. The van der Waals surface area contributed by atoms with Crippen LogP contribution in [0.1, 0.15) is 15.9 Å². The number of benzene rings is 2. The molecule has 0 unspecified atom stereocenters. The fourth-order valence-corrected chi connectivity index (χ4v) is 2.52. The summed E-state index contributed by atoms with van der Waals surface area (Å²) in [6.07, 6.45) is 0. The molecule has 0 fully saturated rings. The molecular weight excluding hydrogens is 386 g/mol.